The fourth-order valence-electron chi connectivity index (χ4n) is 1.30. The average molecular weight is 242 g/mol. The Labute approximate surface area is 96.8 Å². The van der Waals surface area contributed by atoms with Crippen molar-refractivity contribution in [3.8, 4) is 0 Å². The minimum Gasteiger partial charge on any atom is -0.312 e. The molecule has 0 aliphatic rings. The Balaban J connectivity index is 3.05. The molecule has 0 saturated carbocycles. The molecule has 3 N–H and O–H groups in total. The molecule has 1 rings (SSSR count). The van der Waals surface area contributed by atoms with Crippen LogP contribution in [-0.4, -0.2) is 20.7 Å². The van der Waals surface area contributed by atoms with Gasteiger partial charge >= 0.3 is 0 Å². The van der Waals surface area contributed by atoms with Crippen LogP contribution in [0.15, 0.2) is 29.2 Å². The van der Waals surface area contributed by atoms with Crippen molar-refractivity contribution in [3.05, 3.63) is 29.8 Å². The van der Waals surface area contributed by atoms with Crippen molar-refractivity contribution >= 4 is 9.84 Å². The molecular formula is C11H18N2O2S. The SMILES string of the molecule is CNC(N)c1ccc(S(=O)(=O)C(C)C)cc1. The van der Waals surface area contributed by atoms with E-state index < -0.39 is 15.1 Å². The van der Waals surface area contributed by atoms with E-state index in [2.05, 4.69) is 5.32 Å². The van der Waals surface area contributed by atoms with Gasteiger partial charge in [-0.3, -0.25) is 0 Å². The number of hydrogen-bond acceptors (Lipinski definition) is 4. The lowest BCUT2D eigenvalue weighted by Gasteiger charge is -2.12. The van der Waals surface area contributed by atoms with Crippen molar-refractivity contribution < 1.29 is 8.42 Å². The van der Waals surface area contributed by atoms with E-state index in [1.807, 2.05) is 0 Å². The van der Waals surface area contributed by atoms with Gasteiger partial charge in [-0.05, 0) is 38.6 Å². The summed E-state index contributed by atoms with van der Waals surface area (Å²) in [7, 11) is -1.43. The zero-order valence-corrected chi connectivity index (χ0v) is 10.6. The summed E-state index contributed by atoms with van der Waals surface area (Å²) in [5.41, 5.74) is 6.62. The Morgan fingerprint density at radius 2 is 1.69 bits per heavy atom. The van der Waals surface area contributed by atoms with E-state index in [4.69, 9.17) is 5.73 Å². The number of benzene rings is 1. The Hall–Kier alpha value is -0.910. The van der Waals surface area contributed by atoms with Gasteiger partial charge in [-0.2, -0.15) is 0 Å². The van der Waals surface area contributed by atoms with Gasteiger partial charge in [0.25, 0.3) is 0 Å². The van der Waals surface area contributed by atoms with Crippen molar-refractivity contribution in [1.29, 1.82) is 0 Å². The summed E-state index contributed by atoms with van der Waals surface area (Å²) in [5, 5.41) is 2.48. The predicted molar refractivity (Wildman–Crippen MR) is 64.8 cm³/mol. The van der Waals surface area contributed by atoms with Gasteiger partial charge < -0.3 is 11.1 Å². The second-order valence-corrected chi connectivity index (χ2v) is 6.43. The third kappa shape index (κ3) is 2.61. The number of sulfone groups is 1. The van der Waals surface area contributed by atoms with Crippen LogP contribution in [0.4, 0.5) is 0 Å². The van der Waals surface area contributed by atoms with Gasteiger partial charge in [0.2, 0.25) is 0 Å². The summed E-state index contributed by atoms with van der Waals surface area (Å²) in [5.74, 6) is 0. The first-order valence-corrected chi connectivity index (χ1v) is 6.71. The van der Waals surface area contributed by atoms with Gasteiger partial charge in [0.15, 0.2) is 9.84 Å². The van der Waals surface area contributed by atoms with Crippen LogP contribution in [0.2, 0.25) is 0 Å². The molecule has 90 valence electrons. The summed E-state index contributed by atoms with van der Waals surface area (Å²) in [6.07, 6.45) is -0.268. The Morgan fingerprint density at radius 1 is 1.19 bits per heavy atom. The lowest BCUT2D eigenvalue weighted by Crippen LogP contribution is -2.24. The van der Waals surface area contributed by atoms with Crippen LogP contribution < -0.4 is 11.1 Å². The van der Waals surface area contributed by atoms with Gasteiger partial charge in [-0.15, -0.1) is 0 Å². The van der Waals surface area contributed by atoms with E-state index >= 15 is 0 Å². The molecule has 0 radical (unpaired) electrons. The summed E-state index contributed by atoms with van der Waals surface area (Å²) < 4.78 is 23.7. The van der Waals surface area contributed by atoms with E-state index in [1.54, 1.807) is 45.2 Å². The first kappa shape index (κ1) is 13.2. The van der Waals surface area contributed by atoms with Gasteiger partial charge in [-0.25, -0.2) is 8.42 Å². The quantitative estimate of drug-likeness (QED) is 0.774. The van der Waals surface area contributed by atoms with E-state index in [9.17, 15) is 8.42 Å². The van der Waals surface area contributed by atoms with Crippen LogP contribution >= 0.6 is 0 Å². The Kier molecular flexibility index (Phi) is 4.07. The first-order chi connectivity index (χ1) is 7.39. The van der Waals surface area contributed by atoms with Crippen molar-refractivity contribution in [2.45, 2.75) is 30.2 Å². The molecule has 5 heteroatoms. The smallest absolute Gasteiger partial charge is 0.180 e. The summed E-state index contributed by atoms with van der Waals surface area (Å²) >= 11 is 0. The molecule has 1 atom stereocenters. The first-order valence-electron chi connectivity index (χ1n) is 5.16. The molecule has 0 aliphatic heterocycles. The molecule has 0 amide bonds. The van der Waals surface area contributed by atoms with Gasteiger partial charge in [0.05, 0.1) is 16.3 Å². The fourth-order valence-corrected chi connectivity index (χ4v) is 2.36. The minimum atomic E-state index is -3.19. The van der Waals surface area contributed by atoms with Crippen molar-refractivity contribution in [2.75, 3.05) is 7.05 Å². The van der Waals surface area contributed by atoms with Gasteiger partial charge in [0.1, 0.15) is 0 Å². The van der Waals surface area contributed by atoms with Crippen LogP contribution in [-0.2, 0) is 9.84 Å². The number of nitrogens with one attached hydrogen (secondary N) is 1. The van der Waals surface area contributed by atoms with Crippen LogP contribution in [0.1, 0.15) is 25.6 Å². The summed E-state index contributed by atoms with van der Waals surface area (Å²) in [6, 6.07) is 6.66. The average Bonchev–Trinajstić information content (AvgIpc) is 2.28. The molecular weight excluding hydrogens is 224 g/mol. The zero-order valence-electron chi connectivity index (χ0n) is 9.77. The van der Waals surface area contributed by atoms with Crippen LogP contribution in [0.25, 0.3) is 0 Å². The van der Waals surface area contributed by atoms with E-state index in [1.165, 1.54) is 0 Å². The summed E-state index contributed by atoms with van der Waals surface area (Å²) in [4.78, 5) is 0.342. The van der Waals surface area contributed by atoms with Crippen LogP contribution in [0.3, 0.4) is 0 Å². The second kappa shape index (κ2) is 4.95. The van der Waals surface area contributed by atoms with Gasteiger partial charge in [0, 0.05) is 0 Å². The maximum Gasteiger partial charge on any atom is 0.180 e. The lowest BCUT2D eigenvalue weighted by atomic mass is 10.2. The van der Waals surface area contributed by atoms with Crippen LogP contribution in [0.5, 0.6) is 0 Å². The molecule has 0 bridgehead atoms. The molecule has 4 nitrogen and oxygen atoms in total. The maximum absolute atomic E-state index is 11.8. The molecule has 1 aromatic carbocycles. The molecule has 0 spiro atoms. The molecule has 0 aliphatic carbocycles. The highest BCUT2D eigenvalue weighted by Crippen LogP contribution is 2.17. The van der Waals surface area contributed by atoms with Crippen molar-refractivity contribution in [2.24, 2.45) is 5.73 Å². The predicted octanol–water partition coefficient (Wildman–Crippen LogP) is 1.05. The van der Waals surface area contributed by atoms with Crippen molar-refractivity contribution in [1.82, 2.24) is 5.32 Å². The second-order valence-electron chi connectivity index (χ2n) is 3.93. The monoisotopic (exact) mass is 242 g/mol. The van der Waals surface area contributed by atoms with E-state index in [0.29, 0.717) is 4.90 Å². The highest BCUT2D eigenvalue weighted by atomic mass is 32.2. The fraction of sp³-hybridized carbons (Fsp3) is 0.455. The maximum atomic E-state index is 11.8. The molecule has 0 heterocycles. The van der Waals surface area contributed by atoms with E-state index in [0.717, 1.165) is 5.56 Å². The minimum absolute atomic E-state index is 0.268. The van der Waals surface area contributed by atoms with E-state index in [-0.39, 0.29) is 6.17 Å². The normalized spacial score (nSPS) is 14.1. The molecule has 0 saturated heterocycles. The third-order valence-electron chi connectivity index (χ3n) is 2.50. The lowest BCUT2D eigenvalue weighted by molar-refractivity contribution is 0.586. The topological polar surface area (TPSA) is 72.2 Å². The molecule has 1 aromatic rings. The Bertz CT molecular complexity index is 438. The number of hydrogen-bond donors (Lipinski definition) is 2. The molecule has 0 fully saturated rings. The largest absolute Gasteiger partial charge is 0.312 e. The highest BCUT2D eigenvalue weighted by Gasteiger charge is 2.18. The van der Waals surface area contributed by atoms with Crippen LogP contribution in [0, 0.1) is 0 Å². The number of nitrogens with two attached hydrogens (primary N) is 1. The standard InChI is InChI=1S/C11H18N2O2S/c1-8(2)16(14,15)10-6-4-9(5-7-10)11(12)13-3/h4-8,11,13H,12H2,1-3H3. The molecule has 1 unspecified atom stereocenters. The van der Waals surface area contributed by atoms with Crippen molar-refractivity contribution in [3.63, 3.8) is 0 Å². The molecule has 0 aromatic heterocycles. The zero-order chi connectivity index (χ0) is 12.3. The van der Waals surface area contributed by atoms with Gasteiger partial charge in [-0.1, -0.05) is 12.1 Å². The highest BCUT2D eigenvalue weighted by molar-refractivity contribution is 7.92. The molecule has 16 heavy (non-hydrogen) atoms. The summed E-state index contributed by atoms with van der Waals surface area (Å²) in [6.45, 7) is 3.34. The number of rotatable bonds is 4. The Morgan fingerprint density at radius 3 is 2.06 bits per heavy atom. The third-order valence-corrected chi connectivity index (χ3v) is 4.67.